The van der Waals surface area contributed by atoms with Crippen molar-refractivity contribution in [1.82, 2.24) is 0 Å². The maximum absolute atomic E-state index is 9.77. The molecule has 3 nitrogen and oxygen atoms in total. The molecule has 0 aliphatic carbocycles. The molecule has 0 amide bonds. The van der Waals surface area contributed by atoms with E-state index < -0.39 is 0 Å². The standard InChI is InChI=1S/C26H28O3/c1-5-19(6-2)25(21-10-14-23(28)15-11-21)26(20(7-3)9-8-18(4)27)22-12-16-24(29)17-13-22/h5-17,25-29H,1,3H2,2,4H3/b18-8+,19-6+,20-9+. The highest BCUT2D eigenvalue weighted by atomic mass is 16.3. The number of hydrogen-bond acceptors (Lipinski definition) is 3. The van der Waals surface area contributed by atoms with Crippen molar-refractivity contribution in [1.29, 1.82) is 0 Å². The van der Waals surface area contributed by atoms with Gasteiger partial charge in [-0.15, -0.1) is 0 Å². The molecule has 2 aromatic rings. The van der Waals surface area contributed by atoms with Gasteiger partial charge in [0.05, 0.1) is 5.76 Å². The van der Waals surface area contributed by atoms with E-state index in [9.17, 15) is 15.3 Å². The average molecular weight is 389 g/mol. The summed E-state index contributed by atoms with van der Waals surface area (Å²) in [6.07, 6.45) is 9.12. The second kappa shape index (κ2) is 10.2. The lowest BCUT2D eigenvalue weighted by atomic mass is 9.73. The molecule has 0 aliphatic heterocycles. The third-order valence-corrected chi connectivity index (χ3v) is 4.88. The number of aliphatic hydroxyl groups is 1. The molecule has 2 rings (SSSR count). The minimum absolute atomic E-state index is 0.112. The predicted molar refractivity (Wildman–Crippen MR) is 120 cm³/mol. The van der Waals surface area contributed by atoms with Crippen LogP contribution in [-0.2, 0) is 0 Å². The topological polar surface area (TPSA) is 60.7 Å². The van der Waals surface area contributed by atoms with Crippen LogP contribution in [0.4, 0.5) is 0 Å². The van der Waals surface area contributed by atoms with Crippen molar-refractivity contribution >= 4 is 0 Å². The third kappa shape index (κ3) is 5.52. The molecule has 2 unspecified atom stereocenters. The van der Waals surface area contributed by atoms with Crippen LogP contribution in [0.1, 0.15) is 36.8 Å². The Morgan fingerprint density at radius 3 is 1.52 bits per heavy atom. The summed E-state index contributed by atoms with van der Waals surface area (Å²) in [4.78, 5) is 0. The number of aromatic hydroxyl groups is 2. The molecule has 29 heavy (non-hydrogen) atoms. The van der Waals surface area contributed by atoms with E-state index in [2.05, 4.69) is 13.2 Å². The SMILES string of the molecule is C=C/C(=C\C)C(c1ccc(O)cc1)C(/C(C=C)=C/C=C(\C)O)c1ccc(O)cc1. The molecular weight excluding hydrogens is 360 g/mol. The number of benzene rings is 2. The van der Waals surface area contributed by atoms with Gasteiger partial charge in [0.2, 0.25) is 0 Å². The van der Waals surface area contributed by atoms with Crippen LogP contribution in [0.2, 0.25) is 0 Å². The lowest BCUT2D eigenvalue weighted by Crippen LogP contribution is -2.15. The van der Waals surface area contributed by atoms with Crippen molar-refractivity contribution in [3.8, 4) is 11.5 Å². The van der Waals surface area contributed by atoms with Gasteiger partial charge in [0.1, 0.15) is 11.5 Å². The van der Waals surface area contributed by atoms with Crippen LogP contribution in [0, 0.1) is 0 Å². The van der Waals surface area contributed by atoms with Gasteiger partial charge in [0.25, 0.3) is 0 Å². The molecule has 0 heterocycles. The summed E-state index contributed by atoms with van der Waals surface area (Å²) in [7, 11) is 0. The molecule has 0 saturated heterocycles. The number of aliphatic hydroxyl groups excluding tert-OH is 1. The van der Waals surface area contributed by atoms with Crippen LogP contribution in [0.5, 0.6) is 11.5 Å². The van der Waals surface area contributed by atoms with E-state index in [1.54, 1.807) is 43.3 Å². The van der Waals surface area contributed by atoms with E-state index in [4.69, 9.17) is 0 Å². The van der Waals surface area contributed by atoms with Gasteiger partial charge < -0.3 is 15.3 Å². The summed E-state index contributed by atoms with van der Waals surface area (Å²) >= 11 is 0. The van der Waals surface area contributed by atoms with Crippen LogP contribution in [-0.4, -0.2) is 15.3 Å². The van der Waals surface area contributed by atoms with Gasteiger partial charge >= 0.3 is 0 Å². The van der Waals surface area contributed by atoms with Gasteiger partial charge in [0.15, 0.2) is 0 Å². The normalized spacial score (nSPS) is 14.9. The van der Waals surface area contributed by atoms with Gasteiger partial charge in [-0.1, -0.05) is 61.7 Å². The van der Waals surface area contributed by atoms with E-state index in [-0.39, 0.29) is 29.1 Å². The number of allylic oxidation sites excluding steroid dienone is 8. The summed E-state index contributed by atoms with van der Waals surface area (Å²) in [6, 6.07) is 14.2. The summed E-state index contributed by atoms with van der Waals surface area (Å²) in [5, 5.41) is 29.2. The molecule has 2 atom stereocenters. The summed E-state index contributed by atoms with van der Waals surface area (Å²) < 4.78 is 0. The highest BCUT2D eigenvalue weighted by molar-refractivity contribution is 5.49. The summed E-state index contributed by atoms with van der Waals surface area (Å²) in [5.74, 6) is 0.327. The minimum atomic E-state index is -0.155. The van der Waals surface area contributed by atoms with Crippen LogP contribution in [0.3, 0.4) is 0 Å². The molecule has 0 spiro atoms. The Bertz CT molecular complexity index is 925. The first-order valence-electron chi connectivity index (χ1n) is 9.47. The lowest BCUT2D eigenvalue weighted by Gasteiger charge is -2.30. The van der Waals surface area contributed by atoms with Crippen molar-refractivity contribution in [2.45, 2.75) is 25.7 Å². The van der Waals surface area contributed by atoms with Gasteiger partial charge in [0, 0.05) is 11.8 Å². The Balaban J connectivity index is 2.78. The second-order valence-corrected chi connectivity index (χ2v) is 6.81. The monoisotopic (exact) mass is 388 g/mol. The van der Waals surface area contributed by atoms with Crippen molar-refractivity contribution in [2.75, 3.05) is 0 Å². The first kappa shape index (κ1) is 21.8. The molecule has 3 N–H and O–H groups in total. The molecule has 2 aromatic carbocycles. The lowest BCUT2D eigenvalue weighted by molar-refractivity contribution is 0.414. The molecule has 0 saturated carbocycles. The fourth-order valence-electron chi connectivity index (χ4n) is 3.46. The number of phenolic OH excluding ortho intramolecular Hbond substituents is 2. The van der Waals surface area contributed by atoms with Crippen molar-refractivity contribution in [3.05, 3.63) is 120 Å². The molecular formula is C26H28O3. The quantitative estimate of drug-likeness (QED) is 0.349. The van der Waals surface area contributed by atoms with Gasteiger partial charge in [-0.05, 0) is 66.5 Å². The highest BCUT2D eigenvalue weighted by Crippen LogP contribution is 2.44. The molecule has 0 aromatic heterocycles. The Labute approximate surface area is 173 Å². The van der Waals surface area contributed by atoms with Crippen LogP contribution < -0.4 is 0 Å². The second-order valence-electron chi connectivity index (χ2n) is 6.81. The fraction of sp³-hybridized carbons (Fsp3) is 0.154. The van der Waals surface area contributed by atoms with E-state index >= 15 is 0 Å². The Kier molecular flexibility index (Phi) is 7.67. The Morgan fingerprint density at radius 1 is 0.759 bits per heavy atom. The molecule has 150 valence electrons. The van der Waals surface area contributed by atoms with Crippen molar-refractivity contribution in [3.63, 3.8) is 0 Å². The van der Waals surface area contributed by atoms with Crippen LogP contribution >= 0.6 is 0 Å². The zero-order chi connectivity index (χ0) is 21.4. The third-order valence-electron chi connectivity index (χ3n) is 4.88. The van der Waals surface area contributed by atoms with Gasteiger partial charge in [-0.25, -0.2) is 0 Å². The van der Waals surface area contributed by atoms with Crippen molar-refractivity contribution < 1.29 is 15.3 Å². The molecule has 0 fully saturated rings. The Hall–Kier alpha value is -3.46. The van der Waals surface area contributed by atoms with Crippen LogP contribution in [0.25, 0.3) is 0 Å². The fourth-order valence-corrected chi connectivity index (χ4v) is 3.46. The number of phenols is 2. The van der Waals surface area contributed by atoms with Gasteiger partial charge in [-0.3, -0.25) is 0 Å². The summed E-state index contributed by atoms with van der Waals surface area (Å²) in [6.45, 7) is 11.6. The zero-order valence-electron chi connectivity index (χ0n) is 16.9. The smallest absolute Gasteiger partial charge is 0.115 e. The highest BCUT2D eigenvalue weighted by Gasteiger charge is 2.29. The van der Waals surface area contributed by atoms with E-state index in [0.717, 1.165) is 22.3 Å². The largest absolute Gasteiger partial charge is 0.513 e. The zero-order valence-corrected chi connectivity index (χ0v) is 16.9. The first-order valence-corrected chi connectivity index (χ1v) is 9.47. The van der Waals surface area contributed by atoms with E-state index in [0.29, 0.717) is 0 Å². The van der Waals surface area contributed by atoms with Crippen LogP contribution in [0.15, 0.2) is 109 Å². The predicted octanol–water partition coefficient (Wildman–Crippen LogP) is 6.67. The maximum Gasteiger partial charge on any atom is 0.115 e. The molecule has 0 aliphatic rings. The van der Waals surface area contributed by atoms with E-state index in [1.807, 2.05) is 49.4 Å². The molecule has 3 heteroatoms. The van der Waals surface area contributed by atoms with Crippen molar-refractivity contribution in [2.24, 2.45) is 0 Å². The minimum Gasteiger partial charge on any atom is -0.513 e. The maximum atomic E-state index is 9.77. The summed E-state index contributed by atoms with van der Waals surface area (Å²) in [5.41, 5.74) is 3.91. The molecule has 0 radical (unpaired) electrons. The Morgan fingerprint density at radius 2 is 1.17 bits per heavy atom. The molecule has 0 bridgehead atoms. The number of hydrogen-bond donors (Lipinski definition) is 3. The van der Waals surface area contributed by atoms with Gasteiger partial charge in [-0.2, -0.15) is 0 Å². The van der Waals surface area contributed by atoms with E-state index in [1.165, 1.54) is 0 Å². The average Bonchev–Trinajstić information content (AvgIpc) is 2.71. The number of rotatable bonds is 8. The first-order chi connectivity index (χ1) is 13.9.